The minimum Gasteiger partial charge on any atom is -0.481 e. The van der Waals surface area contributed by atoms with Crippen molar-refractivity contribution >= 4 is 23.5 Å². The van der Waals surface area contributed by atoms with Gasteiger partial charge in [-0.05, 0) is 49.2 Å². The summed E-state index contributed by atoms with van der Waals surface area (Å²) in [5, 5.41) is 23.0. The molecule has 0 aliphatic carbocycles. The number of benzene rings is 2. The van der Waals surface area contributed by atoms with E-state index in [4.69, 9.17) is 16.3 Å². The second-order valence-electron chi connectivity index (χ2n) is 8.58. The van der Waals surface area contributed by atoms with Crippen LogP contribution < -0.4 is 5.32 Å². The second kappa shape index (κ2) is 13.1. The molecule has 0 unspecified atom stereocenters. The van der Waals surface area contributed by atoms with Crippen molar-refractivity contribution < 1.29 is 23.8 Å². The number of halogens is 2. The number of H-pyrrole nitrogens is 1. The molecule has 3 rings (SSSR count). The van der Waals surface area contributed by atoms with Gasteiger partial charge in [0.2, 0.25) is 0 Å². The van der Waals surface area contributed by atoms with Gasteiger partial charge in [0.15, 0.2) is 5.69 Å². The summed E-state index contributed by atoms with van der Waals surface area (Å²) in [5.41, 5.74) is 2.00. The van der Waals surface area contributed by atoms with E-state index in [9.17, 15) is 19.1 Å². The highest BCUT2D eigenvalue weighted by Gasteiger charge is 2.26. The highest BCUT2D eigenvalue weighted by atomic mass is 35.5. The Morgan fingerprint density at radius 2 is 2.00 bits per heavy atom. The zero-order chi connectivity index (χ0) is 26.1. The molecule has 1 heterocycles. The number of carboxylic acid groups (broad SMARTS) is 1. The number of hydrogen-bond acceptors (Lipinski definition) is 6. The maximum Gasteiger partial charge on any atom is 0.307 e. The summed E-state index contributed by atoms with van der Waals surface area (Å²) in [4.78, 5) is 26.6. The molecule has 0 saturated carbocycles. The third-order valence-corrected chi connectivity index (χ3v) is 6.02. The summed E-state index contributed by atoms with van der Waals surface area (Å²) in [6.07, 6.45) is 1.86. The van der Waals surface area contributed by atoms with E-state index in [2.05, 4.69) is 20.7 Å². The minimum atomic E-state index is -0.952. The van der Waals surface area contributed by atoms with E-state index in [1.165, 1.54) is 18.3 Å². The number of amides is 1. The molecule has 1 amide bonds. The van der Waals surface area contributed by atoms with Crippen LogP contribution in [0.3, 0.4) is 0 Å². The molecule has 0 radical (unpaired) electrons. The lowest BCUT2D eigenvalue weighted by atomic mass is 9.93. The van der Waals surface area contributed by atoms with Crippen LogP contribution >= 0.6 is 11.6 Å². The highest BCUT2D eigenvalue weighted by Crippen LogP contribution is 2.27. The predicted molar refractivity (Wildman–Crippen MR) is 133 cm³/mol. The van der Waals surface area contributed by atoms with E-state index in [1.54, 1.807) is 25.3 Å². The average molecular weight is 518 g/mol. The zero-order valence-corrected chi connectivity index (χ0v) is 20.8. The van der Waals surface area contributed by atoms with Gasteiger partial charge in [0.25, 0.3) is 5.91 Å². The van der Waals surface area contributed by atoms with Gasteiger partial charge in [-0.15, -0.1) is 0 Å². The van der Waals surface area contributed by atoms with Crippen molar-refractivity contribution in [2.24, 2.45) is 5.92 Å². The number of aromatic nitrogens is 3. The van der Waals surface area contributed by atoms with Gasteiger partial charge in [-0.3, -0.25) is 9.59 Å². The molecule has 0 spiro atoms. The molecule has 36 heavy (non-hydrogen) atoms. The van der Waals surface area contributed by atoms with Crippen LogP contribution in [0.15, 0.2) is 48.7 Å². The second-order valence-corrected chi connectivity index (χ2v) is 9.01. The molecule has 0 fully saturated rings. The van der Waals surface area contributed by atoms with Crippen LogP contribution in [0.1, 0.15) is 22.5 Å². The van der Waals surface area contributed by atoms with Gasteiger partial charge in [0.1, 0.15) is 5.82 Å². The first-order valence-corrected chi connectivity index (χ1v) is 11.8. The first kappa shape index (κ1) is 27.3. The average Bonchev–Trinajstić information content (AvgIpc) is 3.39. The van der Waals surface area contributed by atoms with Crippen LogP contribution in [0.25, 0.3) is 11.1 Å². The number of hydrogen-bond donors (Lipinski definition) is 3. The Bertz CT molecular complexity index is 1140. The van der Waals surface area contributed by atoms with Crippen molar-refractivity contribution in [1.29, 1.82) is 0 Å². The largest absolute Gasteiger partial charge is 0.481 e. The molecule has 9 nitrogen and oxygen atoms in total. The molecule has 11 heteroatoms. The summed E-state index contributed by atoms with van der Waals surface area (Å²) < 4.78 is 19.3. The van der Waals surface area contributed by atoms with Crippen molar-refractivity contribution in [3.63, 3.8) is 0 Å². The summed E-state index contributed by atoms with van der Waals surface area (Å²) >= 11 is 6.02. The van der Waals surface area contributed by atoms with Crippen LogP contribution in [0.2, 0.25) is 5.02 Å². The Morgan fingerprint density at radius 1 is 1.25 bits per heavy atom. The van der Waals surface area contributed by atoms with Gasteiger partial charge >= 0.3 is 5.97 Å². The van der Waals surface area contributed by atoms with E-state index in [1.807, 2.05) is 24.1 Å². The van der Waals surface area contributed by atoms with Crippen molar-refractivity contribution in [3.8, 4) is 11.1 Å². The molecule has 2 aromatic carbocycles. The topological polar surface area (TPSA) is 120 Å². The van der Waals surface area contributed by atoms with Crippen LogP contribution in [0.4, 0.5) is 4.39 Å². The molecule has 0 bridgehead atoms. The molecule has 192 valence electrons. The Morgan fingerprint density at radius 3 is 2.64 bits per heavy atom. The lowest BCUT2D eigenvalue weighted by molar-refractivity contribution is -0.142. The van der Waals surface area contributed by atoms with Gasteiger partial charge in [-0.1, -0.05) is 35.9 Å². The van der Waals surface area contributed by atoms with Crippen LogP contribution in [0, 0.1) is 11.7 Å². The van der Waals surface area contributed by atoms with E-state index >= 15 is 0 Å². The van der Waals surface area contributed by atoms with E-state index in [-0.39, 0.29) is 17.9 Å². The third kappa shape index (κ3) is 7.84. The van der Waals surface area contributed by atoms with Crippen LogP contribution in [-0.2, 0) is 16.0 Å². The predicted octanol–water partition coefficient (Wildman–Crippen LogP) is 3.27. The number of rotatable bonds is 13. The van der Waals surface area contributed by atoms with E-state index in [0.29, 0.717) is 42.3 Å². The Balaban J connectivity index is 1.78. The Hall–Kier alpha value is -3.34. The number of aliphatic carboxylic acids is 1. The van der Waals surface area contributed by atoms with E-state index in [0.717, 1.165) is 5.56 Å². The number of ether oxygens (including phenoxy) is 1. The molecular formula is C25H29ClFN5O4. The minimum absolute atomic E-state index is 0.107. The fourth-order valence-electron chi connectivity index (χ4n) is 3.90. The number of methoxy groups -OCH3 is 1. The molecule has 0 aliphatic heterocycles. The number of nitrogens with one attached hydrogen (secondary N) is 2. The molecule has 3 N–H and O–H groups in total. The zero-order valence-electron chi connectivity index (χ0n) is 20.1. The normalized spacial score (nSPS) is 12.9. The lowest BCUT2D eigenvalue weighted by Crippen LogP contribution is -2.42. The van der Waals surface area contributed by atoms with Gasteiger partial charge in [0.05, 0.1) is 18.7 Å². The molecule has 1 aromatic heterocycles. The fraction of sp³-hybridized carbons (Fsp3) is 0.360. The fourth-order valence-corrected chi connectivity index (χ4v) is 4.07. The van der Waals surface area contributed by atoms with Crippen molar-refractivity contribution in [3.05, 3.63) is 70.8 Å². The number of carboxylic acids is 1. The van der Waals surface area contributed by atoms with Crippen molar-refractivity contribution in [2.45, 2.75) is 18.9 Å². The third-order valence-electron chi connectivity index (χ3n) is 5.79. The first-order chi connectivity index (χ1) is 17.3. The number of aromatic amines is 1. The molecular weight excluding hydrogens is 489 g/mol. The number of nitrogens with zero attached hydrogens (tertiary/aromatic N) is 3. The Labute approximate surface area is 213 Å². The first-order valence-electron chi connectivity index (χ1n) is 11.4. The maximum atomic E-state index is 14.3. The van der Waals surface area contributed by atoms with Gasteiger partial charge in [-0.25, -0.2) is 4.39 Å². The number of carbonyl (C=O) groups is 2. The van der Waals surface area contributed by atoms with Gasteiger partial charge < -0.3 is 20.1 Å². The maximum absolute atomic E-state index is 14.3. The van der Waals surface area contributed by atoms with Gasteiger partial charge in [-0.2, -0.15) is 15.4 Å². The lowest BCUT2D eigenvalue weighted by Gasteiger charge is -2.26. The summed E-state index contributed by atoms with van der Waals surface area (Å²) in [6.45, 7) is 1.36. The Kier molecular flexibility index (Phi) is 9.92. The summed E-state index contributed by atoms with van der Waals surface area (Å²) in [7, 11) is 3.41. The molecule has 2 atom stereocenters. The molecule has 3 aromatic rings. The number of carbonyl (C=O) groups excluding carboxylic acids is 1. The quantitative estimate of drug-likeness (QED) is 0.318. The van der Waals surface area contributed by atoms with Crippen molar-refractivity contribution in [1.82, 2.24) is 25.6 Å². The standard InChI is InChI=1S/C25H29ClFN5O4/c1-32(9-10-36-2)15-18(25(34)35)12-20(29-24(33)23-14-28-31-30-23)11-16-3-5-17(6-4-16)21-13-19(26)7-8-22(21)27/h3-8,13-14,18,20H,9-12,15H2,1-2H3,(H,29,33)(H,34,35)(H,28,30,31)/t18-,20+/m0/s1. The van der Waals surface area contributed by atoms with E-state index < -0.39 is 23.8 Å². The number of likely N-dealkylation sites (N-methyl/N-ethyl adjacent to an activating group) is 1. The van der Waals surface area contributed by atoms with Crippen LogP contribution in [-0.4, -0.2) is 77.2 Å². The highest BCUT2D eigenvalue weighted by molar-refractivity contribution is 6.30. The SMILES string of the molecule is COCCN(C)C[C@H](C[C@@H](Cc1ccc(-c2cc(Cl)ccc2F)cc1)NC(=O)c1cn[nH]n1)C(=O)O. The monoisotopic (exact) mass is 517 g/mol. The molecule has 0 saturated heterocycles. The summed E-state index contributed by atoms with van der Waals surface area (Å²) in [5.74, 6) is -2.52. The molecule has 0 aliphatic rings. The smallest absolute Gasteiger partial charge is 0.307 e. The van der Waals surface area contributed by atoms with Crippen molar-refractivity contribution in [2.75, 3.05) is 33.9 Å². The summed E-state index contributed by atoms with van der Waals surface area (Å²) in [6, 6.07) is 11.1. The van der Waals surface area contributed by atoms with Gasteiger partial charge in [0, 0.05) is 36.8 Å². The van der Waals surface area contributed by atoms with Crippen LogP contribution in [0.5, 0.6) is 0 Å².